The minimum absolute atomic E-state index is 0.169. The molecule has 1 rings (SSSR count). The average molecular weight is 228 g/mol. The molecule has 84 valence electrons. The van der Waals surface area contributed by atoms with Gasteiger partial charge in [-0.1, -0.05) is 6.92 Å². The number of amides is 1. The molecule has 0 saturated heterocycles. The third-order valence-corrected chi connectivity index (χ3v) is 2.86. The molecule has 2 N–H and O–H groups in total. The van der Waals surface area contributed by atoms with Gasteiger partial charge in [0.1, 0.15) is 0 Å². The van der Waals surface area contributed by atoms with E-state index in [2.05, 4.69) is 27.7 Å². The van der Waals surface area contributed by atoms with Gasteiger partial charge < -0.3 is 5.32 Å². The van der Waals surface area contributed by atoms with Gasteiger partial charge in [-0.3, -0.25) is 4.79 Å². The molecule has 0 spiro atoms. The number of aromatic nitrogens is 3. The van der Waals surface area contributed by atoms with Gasteiger partial charge in [0.05, 0.1) is 6.20 Å². The molecule has 6 heteroatoms. The highest BCUT2D eigenvalue weighted by Crippen LogP contribution is 2.04. The third-order valence-electron chi connectivity index (χ3n) is 1.92. The molecule has 0 aliphatic heterocycles. The second-order valence-electron chi connectivity index (χ2n) is 3.22. The first-order chi connectivity index (χ1) is 7.24. The van der Waals surface area contributed by atoms with Crippen LogP contribution in [0.4, 0.5) is 0 Å². The van der Waals surface area contributed by atoms with Gasteiger partial charge in [0.25, 0.3) is 5.91 Å². The van der Waals surface area contributed by atoms with Crippen molar-refractivity contribution in [3.63, 3.8) is 0 Å². The van der Waals surface area contributed by atoms with E-state index in [1.807, 2.05) is 18.7 Å². The molecule has 0 saturated carbocycles. The molecule has 0 fully saturated rings. The molecule has 5 nitrogen and oxygen atoms in total. The number of aromatic amines is 1. The van der Waals surface area contributed by atoms with Gasteiger partial charge in [-0.25, -0.2) is 0 Å². The smallest absolute Gasteiger partial charge is 0.273 e. The van der Waals surface area contributed by atoms with Crippen molar-refractivity contribution in [2.24, 2.45) is 0 Å². The number of rotatable bonds is 6. The summed E-state index contributed by atoms with van der Waals surface area (Å²) in [5, 5.41) is 12.6. The zero-order chi connectivity index (χ0) is 11.1. The highest BCUT2D eigenvalue weighted by molar-refractivity contribution is 7.99. The van der Waals surface area contributed by atoms with Crippen LogP contribution in [-0.2, 0) is 0 Å². The van der Waals surface area contributed by atoms with E-state index >= 15 is 0 Å². The maximum atomic E-state index is 11.5. The summed E-state index contributed by atoms with van der Waals surface area (Å²) < 4.78 is 0. The van der Waals surface area contributed by atoms with E-state index in [4.69, 9.17) is 0 Å². The number of carbonyl (C=O) groups is 1. The summed E-state index contributed by atoms with van der Waals surface area (Å²) in [6, 6.07) is 0.174. The minimum atomic E-state index is -0.169. The summed E-state index contributed by atoms with van der Waals surface area (Å²) in [5.74, 6) is 2.01. The van der Waals surface area contributed by atoms with Crippen molar-refractivity contribution in [2.45, 2.75) is 26.3 Å². The molecule has 0 bridgehead atoms. The van der Waals surface area contributed by atoms with Crippen molar-refractivity contribution in [2.75, 3.05) is 11.5 Å². The molecular formula is C9H16N4OS. The van der Waals surface area contributed by atoms with Crippen molar-refractivity contribution in [3.05, 3.63) is 11.9 Å². The molecule has 1 amide bonds. The second kappa shape index (κ2) is 6.44. The molecule has 0 radical (unpaired) electrons. The zero-order valence-electron chi connectivity index (χ0n) is 8.99. The van der Waals surface area contributed by atoms with Crippen LogP contribution < -0.4 is 5.32 Å². The predicted octanol–water partition coefficient (Wildman–Crippen LogP) is 1.07. The predicted molar refractivity (Wildman–Crippen MR) is 60.9 cm³/mol. The molecule has 1 heterocycles. The fraction of sp³-hybridized carbons (Fsp3) is 0.667. The summed E-state index contributed by atoms with van der Waals surface area (Å²) in [7, 11) is 0. The van der Waals surface area contributed by atoms with E-state index in [0.29, 0.717) is 5.69 Å². The van der Waals surface area contributed by atoms with E-state index in [1.54, 1.807) is 0 Å². The first kappa shape index (κ1) is 12.0. The van der Waals surface area contributed by atoms with Crippen LogP contribution >= 0.6 is 11.8 Å². The number of thioether (sulfide) groups is 1. The topological polar surface area (TPSA) is 70.7 Å². The Bertz CT molecular complexity index is 288. The van der Waals surface area contributed by atoms with Gasteiger partial charge in [-0.15, -0.1) is 0 Å². The SMILES string of the molecule is CCSCCC(C)NC(=O)c1cn[nH]n1. The number of carbonyl (C=O) groups excluding carboxylic acids is 1. The second-order valence-corrected chi connectivity index (χ2v) is 4.61. The van der Waals surface area contributed by atoms with Crippen molar-refractivity contribution in [3.8, 4) is 0 Å². The maximum Gasteiger partial charge on any atom is 0.273 e. The Morgan fingerprint density at radius 3 is 3.13 bits per heavy atom. The highest BCUT2D eigenvalue weighted by Gasteiger charge is 2.11. The minimum Gasteiger partial charge on any atom is -0.348 e. The van der Waals surface area contributed by atoms with Gasteiger partial charge in [-0.05, 0) is 24.9 Å². The molecule has 0 aliphatic rings. The van der Waals surface area contributed by atoms with Crippen LogP contribution in [0, 0.1) is 0 Å². The maximum absolute atomic E-state index is 11.5. The van der Waals surface area contributed by atoms with Crippen LogP contribution in [0.1, 0.15) is 30.8 Å². The van der Waals surface area contributed by atoms with Crippen molar-refractivity contribution in [1.29, 1.82) is 0 Å². The normalized spacial score (nSPS) is 12.4. The van der Waals surface area contributed by atoms with Gasteiger partial charge in [-0.2, -0.15) is 27.2 Å². The Morgan fingerprint density at radius 2 is 2.53 bits per heavy atom. The Hall–Kier alpha value is -1.04. The Balaban J connectivity index is 2.26. The molecular weight excluding hydrogens is 212 g/mol. The Morgan fingerprint density at radius 1 is 1.73 bits per heavy atom. The first-order valence-electron chi connectivity index (χ1n) is 4.98. The number of nitrogens with one attached hydrogen (secondary N) is 2. The van der Waals surface area contributed by atoms with Gasteiger partial charge in [0.15, 0.2) is 5.69 Å². The average Bonchev–Trinajstić information content (AvgIpc) is 2.70. The molecule has 0 aliphatic carbocycles. The standard InChI is InChI=1S/C9H16N4OS/c1-3-15-5-4-7(2)11-9(14)8-6-10-13-12-8/h6-7H,3-5H2,1-2H3,(H,11,14)(H,10,12,13). The van der Waals surface area contributed by atoms with Gasteiger partial charge in [0, 0.05) is 6.04 Å². The van der Waals surface area contributed by atoms with Crippen LogP contribution in [0.5, 0.6) is 0 Å². The van der Waals surface area contributed by atoms with E-state index in [-0.39, 0.29) is 11.9 Å². The lowest BCUT2D eigenvalue weighted by Crippen LogP contribution is -2.33. The molecule has 1 atom stereocenters. The number of H-pyrrole nitrogens is 1. The largest absolute Gasteiger partial charge is 0.348 e. The number of nitrogens with zero attached hydrogens (tertiary/aromatic N) is 2. The van der Waals surface area contributed by atoms with Crippen molar-refractivity contribution in [1.82, 2.24) is 20.7 Å². The van der Waals surface area contributed by atoms with E-state index < -0.39 is 0 Å². The molecule has 1 aromatic rings. The zero-order valence-corrected chi connectivity index (χ0v) is 9.80. The van der Waals surface area contributed by atoms with Crippen molar-refractivity contribution < 1.29 is 4.79 Å². The summed E-state index contributed by atoms with van der Waals surface area (Å²) in [5.41, 5.74) is 0.338. The fourth-order valence-electron chi connectivity index (χ4n) is 1.09. The lowest BCUT2D eigenvalue weighted by Gasteiger charge is -2.11. The van der Waals surface area contributed by atoms with E-state index in [0.717, 1.165) is 17.9 Å². The summed E-state index contributed by atoms with van der Waals surface area (Å²) in [4.78, 5) is 11.5. The van der Waals surface area contributed by atoms with E-state index in [9.17, 15) is 4.79 Å². The monoisotopic (exact) mass is 228 g/mol. The summed E-state index contributed by atoms with van der Waals surface area (Å²) >= 11 is 1.88. The summed E-state index contributed by atoms with van der Waals surface area (Å²) in [6.45, 7) is 4.12. The van der Waals surface area contributed by atoms with Crippen LogP contribution in [0.2, 0.25) is 0 Å². The van der Waals surface area contributed by atoms with Crippen LogP contribution in [0.25, 0.3) is 0 Å². The molecule has 0 aromatic carbocycles. The fourth-order valence-corrected chi connectivity index (χ4v) is 1.89. The van der Waals surface area contributed by atoms with E-state index in [1.165, 1.54) is 6.20 Å². The van der Waals surface area contributed by atoms with Gasteiger partial charge >= 0.3 is 0 Å². The Kier molecular flexibility index (Phi) is 5.17. The van der Waals surface area contributed by atoms with Crippen LogP contribution in [0.15, 0.2) is 6.20 Å². The quantitative estimate of drug-likeness (QED) is 0.714. The third kappa shape index (κ3) is 4.33. The molecule has 1 aromatic heterocycles. The van der Waals surface area contributed by atoms with Gasteiger partial charge in [0.2, 0.25) is 0 Å². The number of hydrogen-bond acceptors (Lipinski definition) is 4. The molecule has 15 heavy (non-hydrogen) atoms. The van der Waals surface area contributed by atoms with Crippen LogP contribution in [-0.4, -0.2) is 38.9 Å². The number of hydrogen-bond donors (Lipinski definition) is 2. The molecule has 1 unspecified atom stereocenters. The van der Waals surface area contributed by atoms with Crippen molar-refractivity contribution >= 4 is 17.7 Å². The summed E-state index contributed by atoms with van der Waals surface area (Å²) in [6.07, 6.45) is 2.39. The first-order valence-corrected chi connectivity index (χ1v) is 6.14. The Labute approximate surface area is 93.4 Å². The highest BCUT2D eigenvalue weighted by atomic mass is 32.2. The lowest BCUT2D eigenvalue weighted by atomic mass is 10.2. The lowest BCUT2D eigenvalue weighted by molar-refractivity contribution is 0.0934. The van der Waals surface area contributed by atoms with Crippen LogP contribution in [0.3, 0.4) is 0 Å².